The van der Waals surface area contributed by atoms with Crippen molar-refractivity contribution < 1.29 is 19.8 Å². The number of carbonyl (C=O) groups is 2. The standard InChI is InChI=1S/C5H10O2.C2H4O2/c1-3-4(2)5(6)7;1-2(3)4/h4H,3H2,1-2H3,(H,6,7);1H3,(H,3,4). The van der Waals surface area contributed by atoms with E-state index < -0.39 is 11.9 Å². The van der Waals surface area contributed by atoms with Crippen LogP contribution in [0.1, 0.15) is 27.2 Å². The van der Waals surface area contributed by atoms with Crippen LogP contribution in [0.2, 0.25) is 0 Å². The predicted molar refractivity (Wildman–Crippen MR) is 40.4 cm³/mol. The number of hydrogen-bond donors (Lipinski definition) is 2. The molecule has 2 N–H and O–H groups in total. The maximum absolute atomic E-state index is 9.93. The van der Waals surface area contributed by atoms with Gasteiger partial charge in [-0.2, -0.15) is 0 Å². The van der Waals surface area contributed by atoms with Gasteiger partial charge in [0.15, 0.2) is 0 Å². The Morgan fingerprint density at radius 2 is 1.64 bits per heavy atom. The second kappa shape index (κ2) is 7.05. The molecule has 11 heavy (non-hydrogen) atoms. The lowest BCUT2D eigenvalue weighted by atomic mass is 10.1. The molecule has 0 aromatic rings. The first-order chi connectivity index (χ1) is 4.91. The van der Waals surface area contributed by atoms with Crippen molar-refractivity contribution in [2.24, 2.45) is 5.92 Å². The third kappa shape index (κ3) is 17.6. The van der Waals surface area contributed by atoms with E-state index in [0.717, 1.165) is 13.3 Å². The van der Waals surface area contributed by atoms with E-state index in [1.165, 1.54) is 0 Å². The van der Waals surface area contributed by atoms with E-state index in [0.29, 0.717) is 0 Å². The van der Waals surface area contributed by atoms with Gasteiger partial charge in [-0.15, -0.1) is 0 Å². The first kappa shape index (κ1) is 12.6. The molecule has 0 saturated carbocycles. The molecule has 1 atom stereocenters. The van der Waals surface area contributed by atoms with Gasteiger partial charge >= 0.3 is 5.97 Å². The van der Waals surface area contributed by atoms with Crippen molar-refractivity contribution in [3.63, 3.8) is 0 Å². The molecular weight excluding hydrogens is 148 g/mol. The highest BCUT2D eigenvalue weighted by Crippen LogP contribution is 1.97. The molecule has 0 aliphatic heterocycles. The molecule has 0 spiro atoms. The molecule has 4 heteroatoms. The monoisotopic (exact) mass is 162 g/mol. The Morgan fingerprint density at radius 3 is 1.64 bits per heavy atom. The number of hydrogen-bond acceptors (Lipinski definition) is 2. The first-order valence-electron chi connectivity index (χ1n) is 3.34. The molecule has 0 aliphatic carbocycles. The quantitative estimate of drug-likeness (QED) is 0.639. The lowest BCUT2D eigenvalue weighted by Gasteiger charge is -1.96. The maximum atomic E-state index is 9.93. The van der Waals surface area contributed by atoms with Crippen LogP contribution in [0.25, 0.3) is 0 Å². The topological polar surface area (TPSA) is 74.6 Å². The molecule has 0 radical (unpaired) electrons. The zero-order chi connectivity index (χ0) is 9.44. The highest BCUT2D eigenvalue weighted by molar-refractivity contribution is 5.69. The summed E-state index contributed by atoms with van der Waals surface area (Å²) in [5, 5.41) is 15.6. The molecule has 66 valence electrons. The molecule has 0 bridgehead atoms. The third-order valence-corrected chi connectivity index (χ3v) is 1.03. The minimum atomic E-state index is -0.833. The number of rotatable bonds is 2. The van der Waals surface area contributed by atoms with Crippen LogP contribution in [-0.2, 0) is 9.59 Å². The minimum absolute atomic E-state index is 0.181. The van der Waals surface area contributed by atoms with E-state index in [2.05, 4.69) is 0 Å². The van der Waals surface area contributed by atoms with Crippen molar-refractivity contribution in [1.29, 1.82) is 0 Å². The fourth-order valence-corrected chi connectivity index (χ4v) is 0.175. The highest BCUT2D eigenvalue weighted by atomic mass is 16.4. The molecular formula is C7H14O4. The van der Waals surface area contributed by atoms with E-state index in [-0.39, 0.29) is 5.92 Å². The molecule has 0 saturated heterocycles. The van der Waals surface area contributed by atoms with Crippen molar-refractivity contribution in [3.8, 4) is 0 Å². The van der Waals surface area contributed by atoms with Gasteiger partial charge in [0.2, 0.25) is 0 Å². The van der Waals surface area contributed by atoms with Crippen molar-refractivity contribution in [3.05, 3.63) is 0 Å². The van der Waals surface area contributed by atoms with E-state index >= 15 is 0 Å². The Kier molecular flexibility index (Phi) is 8.08. The first-order valence-corrected chi connectivity index (χ1v) is 3.34. The van der Waals surface area contributed by atoms with E-state index in [1.54, 1.807) is 6.92 Å². The molecule has 0 heterocycles. The van der Waals surface area contributed by atoms with Crippen LogP contribution in [0.3, 0.4) is 0 Å². The van der Waals surface area contributed by atoms with E-state index in [9.17, 15) is 4.79 Å². The van der Waals surface area contributed by atoms with Gasteiger partial charge in [0, 0.05) is 6.92 Å². The van der Waals surface area contributed by atoms with Crippen LogP contribution in [0, 0.1) is 5.92 Å². The van der Waals surface area contributed by atoms with Crippen LogP contribution in [-0.4, -0.2) is 22.2 Å². The summed E-state index contributed by atoms with van der Waals surface area (Å²) in [5.41, 5.74) is 0. The smallest absolute Gasteiger partial charge is 0.306 e. The van der Waals surface area contributed by atoms with Gasteiger partial charge in [0.1, 0.15) is 0 Å². The Labute approximate surface area is 65.8 Å². The summed E-state index contributed by atoms with van der Waals surface area (Å²) in [7, 11) is 0. The van der Waals surface area contributed by atoms with Crippen LogP contribution >= 0.6 is 0 Å². The van der Waals surface area contributed by atoms with Gasteiger partial charge in [0.25, 0.3) is 5.97 Å². The Bertz CT molecular complexity index is 126. The summed E-state index contributed by atoms with van der Waals surface area (Å²) >= 11 is 0. The van der Waals surface area contributed by atoms with Crippen molar-refractivity contribution in [1.82, 2.24) is 0 Å². The number of carboxylic acid groups (broad SMARTS) is 2. The van der Waals surface area contributed by atoms with Crippen LogP contribution in [0.4, 0.5) is 0 Å². The second-order valence-corrected chi connectivity index (χ2v) is 2.17. The van der Waals surface area contributed by atoms with Gasteiger partial charge in [-0.25, -0.2) is 0 Å². The normalized spacial score (nSPS) is 10.8. The largest absolute Gasteiger partial charge is 0.481 e. The van der Waals surface area contributed by atoms with Crippen LogP contribution in [0.5, 0.6) is 0 Å². The van der Waals surface area contributed by atoms with Gasteiger partial charge in [0.05, 0.1) is 5.92 Å². The van der Waals surface area contributed by atoms with E-state index in [4.69, 9.17) is 15.0 Å². The molecule has 0 aromatic carbocycles. The predicted octanol–water partition coefficient (Wildman–Crippen LogP) is 1.21. The average Bonchev–Trinajstić information content (AvgIpc) is 1.85. The lowest BCUT2D eigenvalue weighted by molar-refractivity contribution is -0.141. The average molecular weight is 162 g/mol. The summed E-state index contributed by atoms with van der Waals surface area (Å²) < 4.78 is 0. The van der Waals surface area contributed by atoms with Gasteiger partial charge in [-0.05, 0) is 6.42 Å². The number of aliphatic carboxylic acids is 2. The molecule has 0 aliphatic rings. The Balaban J connectivity index is 0. The fourth-order valence-electron chi connectivity index (χ4n) is 0.175. The summed E-state index contributed by atoms with van der Waals surface area (Å²) in [4.78, 5) is 18.9. The minimum Gasteiger partial charge on any atom is -0.481 e. The van der Waals surface area contributed by atoms with Gasteiger partial charge in [-0.3, -0.25) is 9.59 Å². The Hall–Kier alpha value is -1.06. The zero-order valence-electron chi connectivity index (χ0n) is 7.00. The lowest BCUT2D eigenvalue weighted by Crippen LogP contribution is -2.06. The number of carboxylic acids is 2. The van der Waals surface area contributed by atoms with Crippen LogP contribution in [0.15, 0.2) is 0 Å². The van der Waals surface area contributed by atoms with Crippen LogP contribution < -0.4 is 0 Å². The third-order valence-electron chi connectivity index (χ3n) is 1.03. The molecule has 0 amide bonds. The summed E-state index contributed by atoms with van der Waals surface area (Å²) in [6.07, 6.45) is 0.718. The second-order valence-electron chi connectivity index (χ2n) is 2.17. The Morgan fingerprint density at radius 1 is 1.36 bits per heavy atom. The highest BCUT2D eigenvalue weighted by Gasteiger charge is 2.05. The van der Waals surface area contributed by atoms with Crippen molar-refractivity contribution in [2.75, 3.05) is 0 Å². The molecule has 1 unspecified atom stereocenters. The summed E-state index contributed by atoms with van der Waals surface area (Å²) in [5.74, 6) is -1.72. The molecule has 0 rings (SSSR count). The van der Waals surface area contributed by atoms with Crippen molar-refractivity contribution >= 4 is 11.9 Å². The summed E-state index contributed by atoms with van der Waals surface area (Å²) in [6, 6.07) is 0. The molecule has 4 nitrogen and oxygen atoms in total. The van der Waals surface area contributed by atoms with E-state index in [1.807, 2.05) is 6.92 Å². The fraction of sp³-hybridized carbons (Fsp3) is 0.714. The summed E-state index contributed by atoms with van der Waals surface area (Å²) in [6.45, 7) is 4.64. The molecule has 0 fully saturated rings. The zero-order valence-corrected chi connectivity index (χ0v) is 7.00. The van der Waals surface area contributed by atoms with Gasteiger partial charge in [-0.1, -0.05) is 13.8 Å². The maximum Gasteiger partial charge on any atom is 0.306 e. The van der Waals surface area contributed by atoms with Crippen molar-refractivity contribution in [2.45, 2.75) is 27.2 Å². The van der Waals surface area contributed by atoms with Gasteiger partial charge < -0.3 is 10.2 Å². The molecule has 0 aromatic heterocycles. The SMILES string of the molecule is CC(=O)O.CCC(C)C(=O)O.